The van der Waals surface area contributed by atoms with Crippen molar-refractivity contribution < 1.29 is 9.18 Å². The summed E-state index contributed by atoms with van der Waals surface area (Å²) in [6.07, 6.45) is 0.711. The average Bonchev–Trinajstić information content (AvgIpc) is 3.01. The minimum Gasteiger partial charge on any atom is -0.355 e. The quantitative estimate of drug-likeness (QED) is 0.811. The number of nitrogens with one attached hydrogen (secondary N) is 1. The van der Waals surface area contributed by atoms with Crippen molar-refractivity contribution >= 4 is 17.2 Å². The van der Waals surface area contributed by atoms with E-state index in [0.717, 1.165) is 18.7 Å². The highest BCUT2D eigenvalue weighted by Crippen LogP contribution is 2.11. The van der Waals surface area contributed by atoms with Crippen molar-refractivity contribution in [2.45, 2.75) is 19.9 Å². The van der Waals surface area contributed by atoms with Crippen molar-refractivity contribution in [3.05, 3.63) is 58.0 Å². The summed E-state index contributed by atoms with van der Waals surface area (Å²) < 4.78 is 12.8. The third-order valence-electron chi connectivity index (χ3n) is 3.42. The number of thiophene rings is 1. The zero-order chi connectivity index (χ0) is 15.8. The van der Waals surface area contributed by atoms with Crippen LogP contribution in [0.5, 0.6) is 0 Å². The average molecular weight is 320 g/mol. The fraction of sp³-hybridized carbons (Fsp3) is 0.353. The molecule has 0 radical (unpaired) electrons. The highest BCUT2D eigenvalue weighted by Gasteiger charge is 2.09. The summed E-state index contributed by atoms with van der Waals surface area (Å²) in [5.74, 6) is -0.208. The van der Waals surface area contributed by atoms with Gasteiger partial charge in [-0.05, 0) is 42.1 Å². The maximum atomic E-state index is 12.8. The Hall–Kier alpha value is -1.72. The van der Waals surface area contributed by atoms with Crippen LogP contribution in [0.4, 0.5) is 4.39 Å². The fourth-order valence-electron chi connectivity index (χ4n) is 2.16. The van der Waals surface area contributed by atoms with E-state index < -0.39 is 0 Å². The Labute approximate surface area is 134 Å². The van der Waals surface area contributed by atoms with Crippen molar-refractivity contribution in [1.82, 2.24) is 10.2 Å². The molecule has 0 fully saturated rings. The second-order valence-electron chi connectivity index (χ2n) is 5.11. The van der Waals surface area contributed by atoms with E-state index in [2.05, 4.69) is 23.2 Å². The van der Waals surface area contributed by atoms with Gasteiger partial charge >= 0.3 is 0 Å². The van der Waals surface area contributed by atoms with Gasteiger partial charge in [-0.2, -0.15) is 0 Å². The van der Waals surface area contributed by atoms with Crippen LogP contribution >= 0.6 is 11.3 Å². The maximum Gasteiger partial charge on any atom is 0.234 e. The van der Waals surface area contributed by atoms with E-state index in [1.807, 2.05) is 11.4 Å². The first kappa shape index (κ1) is 16.6. The van der Waals surface area contributed by atoms with Gasteiger partial charge in [0.2, 0.25) is 5.91 Å². The van der Waals surface area contributed by atoms with Crippen LogP contribution in [0.25, 0.3) is 0 Å². The molecule has 0 saturated carbocycles. The Balaban J connectivity index is 1.71. The third kappa shape index (κ3) is 5.58. The molecule has 2 aromatic rings. The largest absolute Gasteiger partial charge is 0.355 e. The van der Waals surface area contributed by atoms with Crippen LogP contribution in [-0.4, -0.2) is 30.4 Å². The topological polar surface area (TPSA) is 32.3 Å². The van der Waals surface area contributed by atoms with Gasteiger partial charge in [-0.25, -0.2) is 4.39 Å². The molecule has 0 saturated heterocycles. The molecule has 0 aliphatic rings. The molecule has 0 aliphatic carbocycles. The zero-order valence-electron chi connectivity index (χ0n) is 12.7. The number of hydrogen-bond donors (Lipinski definition) is 1. The lowest BCUT2D eigenvalue weighted by Crippen LogP contribution is -2.37. The van der Waals surface area contributed by atoms with E-state index in [1.165, 1.54) is 17.0 Å². The number of likely N-dealkylation sites (N-methyl/N-ethyl adjacent to an activating group) is 1. The summed E-state index contributed by atoms with van der Waals surface area (Å²) in [7, 11) is 0. The molecule has 1 heterocycles. The Bertz CT molecular complexity index is 569. The van der Waals surface area contributed by atoms with Gasteiger partial charge in [0.1, 0.15) is 5.82 Å². The first-order valence-corrected chi connectivity index (χ1v) is 8.31. The number of benzene rings is 1. The number of halogens is 1. The zero-order valence-corrected chi connectivity index (χ0v) is 13.5. The summed E-state index contributed by atoms with van der Waals surface area (Å²) in [4.78, 5) is 15.4. The van der Waals surface area contributed by atoms with Gasteiger partial charge in [0, 0.05) is 18.0 Å². The van der Waals surface area contributed by atoms with Crippen LogP contribution < -0.4 is 5.32 Å². The Morgan fingerprint density at radius 1 is 1.27 bits per heavy atom. The molecule has 0 unspecified atom stereocenters. The highest BCUT2D eigenvalue weighted by atomic mass is 32.1. The Morgan fingerprint density at radius 3 is 2.68 bits per heavy atom. The van der Waals surface area contributed by atoms with Crippen LogP contribution in [-0.2, 0) is 17.8 Å². The van der Waals surface area contributed by atoms with Crippen molar-refractivity contribution in [2.24, 2.45) is 0 Å². The first-order chi connectivity index (χ1) is 10.7. The van der Waals surface area contributed by atoms with Crippen LogP contribution in [0.3, 0.4) is 0 Å². The van der Waals surface area contributed by atoms with Crippen molar-refractivity contribution in [3.63, 3.8) is 0 Å². The maximum absolute atomic E-state index is 12.8. The molecular formula is C17H21FN2OS. The van der Waals surface area contributed by atoms with E-state index in [4.69, 9.17) is 0 Å². The number of carbonyl (C=O) groups is 1. The van der Waals surface area contributed by atoms with E-state index >= 15 is 0 Å². The molecule has 0 aliphatic heterocycles. The molecule has 1 aromatic heterocycles. The summed E-state index contributed by atoms with van der Waals surface area (Å²) in [6, 6.07) is 10.5. The number of carbonyl (C=O) groups excluding carboxylic acids is 1. The second-order valence-corrected chi connectivity index (χ2v) is 6.14. The van der Waals surface area contributed by atoms with Crippen LogP contribution in [0.2, 0.25) is 0 Å². The highest BCUT2D eigenvalue weighted by molar-refractivity contribution is 7.09. The van der Waals surface area contributed by atoms with Gasteiger partial charge in [-0.1, -0.05) is 25.1 Å². The van der Waals surface area contributed by atoms with Gasteiger partial charge < -0.3 is 5.32 Å². The molecule has 1 N–H and O–H groups in total. The van der Waals surface area contributed by atoms with Gasteiger partial charge in [0.25, 0.3) is 0 Å². The Kier molecular flexibility index (Phi) is 6.55. The lowest BCUT2D eigenvalue weighted by Gasteiger charge is -2.19. The summed E-state index contributed by atoms with van der Waals surface area (Å²) >= 11 is 1.71. The molecule has 0 atom stereocenters. The third-order valence-corrected chi connectivity index (χ3v) is 4.28. The molecular weight excluding hydrogens is 299 g/mol. The fourth-order valence-corrected chi connectivity index (χ4v) is 2.90. The predicted octanol–water partition coefficient (Wildman–Crippen LogP) is 3.07. The molecule has 1 amide bonds. The van der Waals surface area contributed by atoms with Crippen LogP contribution in [0.1, 0.15) is 17.4 Å². The summed E-state index contributed by atoms with van der Waals surface area (Å²) in [6.45, 7) is 4.67. The molecule has 0 spiro atoms. The smallest absolute Gasteiger partial charge is 0.234 e. The van der Waals surface area contributed by atoms with Crippen molar-refractivity contribution in [3.8, 4) is 0 Å². The minimum atomic E-state index is -0.236. The summed E-state index contributed by atoms with van der Waals surface area (Å²) in [5, 5.41) is 4.97. The van der Waals surface area contributed by atoms with Crippen LogP contribution in [0.15, 0.2) is 41.8 Å². The predicted molar refractivity (Wildman–Crippen MR) is 88.4 cm³/mol. The van der Waals surface area contributed by atoms with Crippen molar-refractivity contribution in [1.29, 1.82) is 0 Å². The molecule has 1 aromatic carbocycles. The number of amides is 1. The molecule has 0 bridgehead atoms. The van der Waals surface area contributed by atoms with E-state index in [1.54, 1.807) is 23.5 Å². The van der Waals surface area contributed by atoms with Crippen LogP contribution in [0, 0.1) is 5.82 Å². The van der Waals surface area contributed by atoms with Gasteiger partial charge in [-0.3, -0.25) is 9.69 Å². The van der Waals surface area contributed by atoms with Gasteiger partial charge in [0.05, 0.1) is 6.54 Å². The molecule has 3 nitrogen and oxygen atoms in total. The number of hydrogen-bond acceptors (Lipinski definition) is 3. The van der Waals surface area contributed by atoms with E-state index in [-0.39, 0.29) is 11.7 Å². The molecule has 2 rings (SSSR count). The second kappa shape index (κ2) is 8.66. The van der Waals surface area contributed by atoms with Gasteiger partial charge in [-0.15, -0.1) is 11.3 Å². The monoisotopic (exact) mass is 320 g/mol. The lowest BCUT2D eigenvalue weighted by atomic mass is 10.1. The molecule has 22 heavy (non-hydrogen) atoms. The number of rotatable bonds is 8. The SMILES string of the molecule is CCN(CC(=O)NCCc1ccc(F)cc1)Cc1cccs1. The lowest BCUT2D eigenvalue weighted by molar-refractivity contribution is -0.122. The summed E-state index contributed by atoms with van der Waals surface area (Å²) in [5.41, 5.74) is 1.02. The van der Waals surface area contributed by atoms with Gasteiger partial charge in [0.15, 0.2) is 0 Å². The normalized spacial score (nSPS) is 10.9. The van der Waals surface area contributed by atoms with E-state index in [9.17, 15) is 9.18 Å². The molecule has 118 valence electrons. The first-order valence-electron chi connectivity index (χ1n) is 7.43. The standard InChI is InChI=1S/C17H21FN2OS/c1-2-20(12-16-4-3-11-22-16)13-17(21)19-10-9-14-5-7-15(18)8-6-14/h3-8,11H,2,9-10,12-13H2,1H3,(H,19,21). The molecule has 5 heteroatoms. The van der Waals surface area contributed by atoms with Crippen molar-refractivity contribution in [2.75, 3.05) is 19.6 Å². The van der Waals surface area contributed by atoms with E-state index in [0.29, 0.717) is 19.5 Å². The number of nitrogens with zero attached hydrogens (tertiary/aromatic N) is 1. The minimum absolute atomic E-state index is 0.0283. The Morgan fingerprint density at radius 2 is 2.05 bits per heavy atom.